The van der Waals surface area contributed by atoms with E-state index in [9.17, 15) is 4.79 Å². The van der Waals surface area contributed by atoms with Crippen molar-refractivity contribution in [1.29, 1.82) is 0 Å². The van der Waals surface area contributed by atoms with E-state index >= 15 is 0 Å². The van der Waals surface area contributed by atoms with Gasteiger partial charge in [-0.25, -0.2) is 9.78 Å². The number of aromatic nitrogens is 1. The van der Waals surface area contributed by atoms with Crippen LogP contribution in [-0.4, -0.2) is 22.7 Å². The number of pyridine rings is 1. The van der Waals surface area contributed by atoms with Crippen molar-refractivity contribution < 1.29 is 14.6 Å². The molecule has 4 heteroatoms. The van der Waals surface area contributed by atoms with Gasteiger partial charge in [-0.3, -0.25) is 0 Å². The van der Waals surface area contributed by atoms with E-state index in [2.05, 4.69) is 18.8 Å². The van der Waals surface area contributed by atoms with E-state index in [1.54, 1.807) is 12.1 Å². The molecule has 4 nitrogen and oxygen atoms in total. The van der Waals surface area contributed by atoms with Crippen LogP contribution in [0, 0.1) is 5.92 Å². The molecule has 0 fully saturated rings. The summed E-state index contributed by atoms with van der Waals surface area (Å²) in [7, 11) is 0. The third-order valence-corrected chi connectivity index (χ3v) is 2.16. The van der Waals surface area contributed by atoms with Gasteiger partial charge in [0.25, 0.3) is 0 Å². The van der Waals surface area contributed by atoms with E-state index in [1.165, 1.54) is 6.20 Å². The van der Waals surface area contributed by atoms with Crippen molar-refractivity contribution in [2.75, 3.05) is 6.61 Å². The quantitative estimate of drug-likeness (QED) is 0.753. The molecule has 0 aliphatic rings. The fraction of sp³-hybridized carbons (Fsp3) is 0.500. The molecule has 1 aromatic heterocycles. The third kappa shape index (κ3) is 3.88. The van der Waals surface area contributed by atoms with Crippen molar-refractivity contribution in [2.45, 2.75) is 26.7 Å². The minimum Gasteiger partial charge on any atom is -0.491 e. The highest BCUT2D eigenvalue weighted by atomic mass is 16.5. The summed E-state index contributed by atoms with van der Waals surface area (Å²) in [4.78, 5) is 14.6. The minimum absolute atomic E-state index is 0.0213. The summed E-state index contributed by atoms with van der Waals surface area (Å²) in [6.45, 7) is 4.82. The number of carboxylic acids is 1. The first-order chi connectivity index (χ1) is 7.61. The van der Waals surface area contributed by atoms with Gasteiger partial charge in [0, 0.05) is 6.20 Å². The average Bonchev–Trinajstić information content (AvgIpc) is 2.24. The molecule has 1 rings (SSSR count). The molecule has 0 saturated heterocycles. The van der Waals surface area contributed by atoms with Gasteiger partial charge in [0.15, 0.2) is 11.4 Å². The molecule has 0 aliphatic heterocycles. The lowest BCUT2D eigenvalue weighted by Crippen LogP contribution is -2.07. The Bertz CT molecular complexity index is 350. The SMILES string of the molecule is CC(C)CCCOc1cccnc1C(=O)O. The van der Waals surface area contributed by atoms with Crippen molar-refractivity contribution in [1.82, 2.24) is 4.98 Å². The Morgan fingerprint density at radius 2 is 2.31 bits per heavy atom. The summed E-state index contributed by atoms with van der Waals surface area (Å²) in [5.74, 6) is -0.0744. The molecule has 0 saturated carbocycles. The molecular weight excluding hydrogens is 206 g/mol. The van der Waals surface area contributed by atoms with E-state index in [-0.39, 0.29) is 5.69 Å². The van der Waals surface area contributed by atoms with Crippen LogP contribution >= 0.6 is 0 Å². The van der Waals surface area contributed by atoms with Gasteiger partial charge in [0.1, 0.15) is 0 Å². The largest absolute Gasteiger partial charge is 0.491 e. The molecule has 0 atom stereocenters. The Hall–Kier alpha value is -1.58. The molecule has 0 unspecified atom stereocenters. The van der Waals surface area contributed by atoms with Crippen LogP contribution in [0.5, 0.6) is 5.75 Å². The van der Waals surface area contributed by atoms with Gasteiger partial charge in [-0.1, -0.05) is 13.8 Å². The summed E-state index contributed by atoms with van der Waals surface area (Å²) >= 11 is 0. The number of carbonyl (C=O) groups is 1. The maximum Gasteiger partial charge on any atom is 0.358 e. The maximum atomic E-state index is 10.8. The normalized spacial score (nSPS) is 10.4. The minimum atomic E-state index is -1.06. The molecule has 0 bridgehead atoms. The first-order valence-corrected chi connectivity index (χ1v) is 5.42. The van der Waals surface area contributed by atoms with Crippen LogP contribution in [0.1, 0.15) is 37.2 Å². The number of nitrogens with zero attached hydrogens (tertiary/aromatic N) is 1. The van der Waals surface area contributed by atoms with Crippen LogP contribution in [0.25, 0.3) is 0 Å². The predicted molar refractivity (Wildman–Crippen MR) is 60.8 cm³/mol. The highest BCUT2D eigenvalue weighted by molar-refractivity contribution is 5.88. The standard InChI is InChI=1S/C12H17NO3/c1-9(2)5-4-8-16-10-6-3-7-13-11(10)12(14)15/h3,6-7,9H,4-5,8H2,1-2H3,(H,14,15). The number of hydrogen-bond donors (Lipinski definition) is 1. The number of aromatic carboxylic acids is 1. The Kier molecular flexibility index (Phi) is 4.76. The molecule has 0 spiro atoms. The lowest BCUT2D eigenvalue weighted by atomic mass is 10.1. The van der Waals surface area contributed by atoms with Crippen LogP contribution in [0.15, 0.2) is 18.3 Å². The van der Waals surface area contributed by atoms with Gasteiger partial charge >= 0.3 is 5.97 Å². The highest BCUT2D eigenvalue weighted by Gasteiger charge is 2.11. The van der Waals surface area contributed by atoms with Gasteiger partial charge in [-0.2, -0.15) is 0 Å². The second-order valence-electron chi connectivity index (χ2n) is 4.04. The second-order valence-corrected chi connectivity index (χ2v) is 4.04. The summed E-state index contributed by atoms with van der Waals surface area (Å²) < 4.78 is 5.41. The number of ether oxygens (including phenoxy) is 1. The predicted octanol–water partition coefficient (Wildman–Crippen LogP) is 2.59. The van der Waals surface area contributed by atoms with Crippen LogP contribution in [0.2, 0.25) is 0 Å². The second kappa shape index (κ2) is 6.10. The zero-order chi connectivity index (χ0) is 12.0. The van der Waals surface area contributed by atoms with Crippen molar-refractivity contribution in [3.05, 3.63) is 24.0 Å². The van der Waals surface area contributed by atoms with E-state index in [0.717, 1.165) is 12.8 Å². The molecule has 1 N–H and O–H groups in total. The van der Waals surface area contributed by atoms with Gasteiger partial charge in [0.2, 0.25) is 0 Å². The number of rotatable bonds is 6. The fourth-order valence-corrected chi connectivity index (χ4v) is 1.34. The molecule has 88 valence electrons. The van der Waals surface area contributed by atoms with Gasteiger partial charge < -0.3 is 9.84 Å². The molecule has 16 heavy (non-hydrogen) atoms. The summed E-state index contributed by atoms with van der Waals surface area (Å²) in [6, 6.07) is 3.30. The summed E-state index contributed by atoms with van der Waals surface area (Å²) in [5, 5.41) is 8.87. The average molecular weight is 223 g/mol. The first-order valence-electron chi connectivity index (χ1n) is 5.42. The lowest BCUT2D eigenvalue weighted by Gasteiger charge is -2.08. The summed E-state index contributed by atoms with van der Waals surface area (Å²) in [6.07, 6.45) is 3.44. The molecule has 0 aromatic carbocycles. The van der Waals surface area contributed by atoms with Crippen molar-refractivity contribution in [3.63, 3.8) is 0 Å². The van der Waals surface area contributed by atoms with Crippen LogP contribution < -0.4 is 4.74 Å². The van der Waals surface area contributed by atoms with E-state index in [0.29, 0.717) is 18.3 Å². The smallest absolute Gasteiger partial charge is 0.358 e. The van der Waals surface area contributed by atoms with E-state index < -0.39 is 5.97 Å². The van der Waals surface area contributed by atoms with Crippen LogP contribution in [-0.2, 0) is 0 Å². The van der Waals surface area contributed by atoms with Gasteiger partial charge in [0.05, 0.1) is 6.61 Å². The monoisotopic (exact) mass is 223 g/mol. The fourth-order valence-electron chi connectivity index (χ4n) is 1.34. The molecule has 0 radical (unpaired) electrons. The Balaban J connectivity index is 2.50. The molecule has 0 aliphatic carbocycles. The van der Waals surface area contributed by atoms with Crippen LogP contribution in [0.4, 0.5) is 0 Å². The van der Waals surface area contributed by atoms with Crippen molar-refractivity contribution >= 4 is 5.97 Å². The zero-order valence-corrected chi connectivity index (χ0v) is 9.64. The van der Waals surface area contributed by atoms with E-state index in [1.807, 2.05) is 0 Å². The van der Waals surface area contributed by atoms with E-state index in [4.69, 9.17) is 9.84 Å². The Labute approximate surface area is 95.3 Å². The third-order valence-electron chi connectivity index (χ3n) is 2.16. The zero-order valence-electron chi connectivity index (χ0n) is 9.64. The molecule has 1 heterocycles. The van der Waals surface area contributed by atoms with Crippen molar-refractivity contribution in [2.24, 2.45) is 5.92 Å². The first kappa shape index (κ1) is 12.5. The summed E-state index contributed by atoms with van der Waals surface area (Å²) in [5.41, 5.74) is -0.0213. The molecule has 0 amide bonds. The Morgan fingerprint density at radius 3 is 2.94 bits per heavy atom. The maximum absolute atomic E-state index is 10.8. The Morgan fingerprint density at radius 1 is 1.56 bits per heavy atom. The van der Waals surface area contributed by atoms with Gasteiger partial charge in [-0.05, 0) is 30.9 Å². The van der Waals surface area contributed by atoms with Crippen molar-refractivity contribution in [3.8, 4) is 5.75 Å². The number of hydrogen-bond acceptors (Lipinski definition) is 3. The lowest BCUT2D eigenvalue weighted by molar-refractivity contribution is 0.0685. The van der Waals surface area contributed by atoms with Crippen LogP contribution in [0.3, 0.4) is 0 Å². The highest BCUT2D eigenvalue weighted by Crippen LogP contribution is 2.15. The molecule has 1 aromatic rings. The number of carboxylic acid groups (broad SMARTS) is 1. The van der Waals surface area contributed by atoms with Gasteiger partial charge in [-0.15, -0.1) is 0 Å². The molecular formula is C12H17NO3. The topological polar surface area (TPSA) is 59.4 Å².